The molecule has 2 amide bonds. The Morgan fingerprint density at radius 2 is 1.77 bits per heavy atom. The minimum absolute atomic E-state index is 0.172. The van der Waals surface area contributed by atoms with Gasteiger partial charge in [-0.1, -0.05) is 29.8 Å². The number of amides is 2. The van der Waals surface area contributed by atoms with E-state index in [4.69, 9.17) is 0 Å². The van der Waals surface area contributed by atoms with Gasteiger partial charge in [-0.2, -0.15) is 18.3 Å². The number of carbonyl (C=O) groups is 2. The number of anilines is 1. The number of halogens is 4. The molecule has 0 aliphatic rings. The smallest absolute Gasteiger partial charge is 0.332 e. The molecular formula is C21H18BrF3N4O2. The fourth-order valence-corrected chi connectivity index (χ4v) is 3.29. The first-order valence-corrected chi connectivity index (χ1v) is 9.89. The zero-order valence-electron chi connectivity index (χ0n) is 16.6. The minimum atomic E-state index is -4.83. The molecule has 10 heteroatoms. The second kappa shape index (κ2) is 8.93. The van der Waals surface area contributed by atoms with Gasteiger partial charge in [0.1, 0.15) is 0 Å². The predicted molar refractivity (Wildman–Crippen MR) is 113 cm³/mol. The molecule has 0 unspecified atom stereocenters. The standard InChI is InChI=1S/C21H18BrF3N4O2/c1-13-7-9-14(10-8-13)29-19(21(23,24)25)15(11-26-29)20(31)28(2)12-18(30)27-17-6-4-3-5-16(17)22/h3-11H,12H2,1-2H3,(H,27,30). The Morgan fingerprint density at radius 3 is 2.39 bits per heavy atom. The van der Waals surface area contributed by atoms with Crippen LogP contribution in [0.5, 0.6) is 0 Å². The van der Waals surface area contributed by atoms with E-state index in [9.17, 15) is 22.8 Å². The monoisotopic (exact) mass is 494 g/mol. The molecule has 0 bridgehead atoms. The highest BCUT2D eigenvalue weighted by atomic mass is 79.9. The second-order valence-electron chi connectivity index (χ2n) is 6.84. The van der Waals surface area contributed by atoms with E-state index in [1.165, 1.54) is 19.2 Å². The summed E-state index contributed by atoms with van der Waals surface area (Å²) in [6.45, 7) is 1.37. The third-order valence-corrected chi connectivity index (χ3v) is 5.11. The molecule has 1 N–H and O–H groups in total. The molecule has 0 aliphatic carbocycles. The number of para-hydroxylation sites is 1. The number of aryl methyl sites for hydroxylation is 1. The molecule has 0 atom stereocenters. The molecular weight excluding hydrogens is 477 g/mol. The Bertz CT molecular complexity index is 1110. The fourth-order valence-electron chi connectivity index (χ4n) is 2.90. The molecule has 0 fully saturated rings. The molecule has 3 rings (SSSR count). The molecule has 0 saturated heterocycles. The summed E-state index contributed by atoms with van der Waals surface area (Å²) in [5.74, 6) is -1.52. The number of nitrogens with zero attached hydrogens (tertiary/aromatic N) is 3. The lowest BCUT2D eigenvalue weighted by Crippen LogP contribution is -2.36. The summed E-state index contributed by atoms with van der Waals surface area (Å²) in [5.41, 5.74) is -0.303. The normalized spacial score (nSPS) is 11.3. The van der Waals surface area contributed by atoms with Gasteiger partial charge in [-0.25, -0.2) is 4.68 Å². The number of aromatic nitrogens is 2. The number of likely N-dealkylation sites (N-methyl/N-ethyl adjacent to an activating group) is 1. The minimum Gasteiger partial charge on any atom is -0.332 e. The lowest BCUT2D eigenvalue weighted by atomic mass is 10.2. The van der Waals surface area contributed by atoms with Crippen LogP contribution in [0.1, 0.15) is 21.6 Å². The van der Waals surface area contributed by atoms with Crippen molar-refractivity contribution >= 4 is 33.4 Å². The molecule has 0 spiro atoms. The maximum atomic E-state index is 13.8. The van der Waals surface area contributed by atoms with Gasteiger partial charge in [-0.15, -0.1) is 0 Å². The van der Waals surface area contributed by atoms with Crippen molar-refractivity contribution in [3.8, 4) is 5.69 Å². The summed E-state index contributed by atoms with van der Waals surface area (Å²) in [6.07, 6.45) is -3.96. The molecule has 0 aliphatic heterocycles. The Kier molecular flexibility index (Phi) is 6.49. The van der Waals surface area contributed by atoms with Crippen LogP contribution >= 0.6 is 15.9 Å². The van der Waals surface area contributed by atoms with Crippen molar-refractivity contribution in [1.82, 2.24) is 14.7 Å². The fraction of sp³-hybridized carbons (Fsp3) is 0.190. The van der Waals surface area contributed by atoms with Crippen LogP contribution in [0.2, 0.25) is 0 Å². The summed E-state index contributed by atoms with van der Waals surface area (Å²) in [5, 5.41) is 6.39. The first-order valence-electron chi connectivity index (χ1n) is 9.10. The van der Waals surface area contributed by atoms with E-state index in [1.54, 1.807) is 43.3 Å². The number of alkyl halides is 3. The molecule has 6 nitrogen and oxygen atoms in total. The van der Waals surface area contributed by atoms with Crippen LogP contribution in [0, 0.1) is 6.92 Å². The van der Waals surface area contributed by atoms with Crippen LogP contribution in [-0.4, -0.2) is 40.1 Å². The summed E-state index contributed by atoms with van der Waals surface area (Å²) in [6, 6.07) is 13.1. The van der Waals surface area contributed by atoms with Gasteiger partial charge in [-0.3, -0.25) is 9.59 Å². The molecule has 3 aromatic rings. The highest BCUT2D eigenvalue weighted by molar-refractivity contribution is 9.10. The van der Waals surface area contributed by atoms with Crippen molar-refractivity contribution in [2.75, 3.05) is 18.9 Å². The number of carbonyl (C=O) groups excluding carboxylic acids is 2. The molecule has 0 saturated carbocycles. The van der Waals surface area contributed by atoms with E-state index in [2.05, 4.69) is 26.3 Å². The first-order chi connectivity index (χ1) is 14.6. The quantitative estimate of drug-likeness (QED) is 0.560. The number of rotatable bonds is 5. The van der Waals surface area contributed by atoms with Gasteiger partial charge >= 0.3 is 6.18 Å². The predicted octanol–water partition coefficient (Wildman–Crippen LogP) is 4.67. The zero-order valence-corrected chi connectivity index (χ0v) is 18.2. The lowest BCUT2D eigenvalue weighted by molar-refractivity contribution is -0.143. The number of hydrogen-bond donors (Lipinski definition) is 1. The van der Waals surface area contributed by atoms with Crippen molar-refractivity contribution in [3.63, 3.8) is 0 Å². The van der Waals surface area contributed by atoms with Crippen LogP contribution < -0.4 is 5.32 Å². The van der Waals surface area contributed by atoms with Crippen LogP contribution in [0.3, 0.4) is 0 Å². The number of hydrogen-bond acceptors (Lipinski definition) is 3. The van der Waals surface area contributed by atoms with E-state index in [-0.39, 0.29) is 5.69 Å². The summed E-state index contributed by atoms with van der Waals surface area (Å²) in [4.78, 5) is 25.9. The summed E-state index contributed by atoms with van der Waals surface area (Å²) < 4.78 is 42.7. The Labute approximate surface area is 184 Å². The van der Waals surface area contributed by atoms with E-state index in [0.717, 1.165) is 16.7 Å². The Balaban J connectivity index is 1.84. The molecule has 2 aromatic carbocycles. The first kappa shape index (κ1) is 22.5. The van der Waals surface area contributed by atoms with Crippen molar-refractivity contribution in [2.24, 2.45) is 0 Å². The average molecular weight is 495 g/mol. The van der Waals surface area contributed by atoms with E-state index in [1.807, 2.05) is 0 Å². The van der Waals surface area contributed by atoms with Crippen molar-refractivity contribution in [2.45, 2.75) is 13.1 Å². The average Bonchev–Trinajstić information content (AvgIpc) is 3.15. The van der Waals surface area contributed by atoms with E-state index >= 15 is 0 Å². The lowest BCUT2D eigenvalue weighted by Gasteiger charge is -2.18. The third-order valence-electron chi connectivity index (χ3n) is 4.42. The number of nitrogens with one attached hydrogen (secondary N) is 1. The van der Waals surface area contributed by atoms with Crippen molar-refractivity contribution < 1.29 is 22.8 Å². The Hall–Kier alpha value is -3.14. The molecule has 1 aromatic heterocycles. The highest BCUT2D eigenvalue weighted by Crippen LogP contribution is 2.34. The van der Waals surface area contributed by atoms with Gasteiger partial charge in [-0.05, 0) is 47.1 Å². The van der Waals surface area contributed by atoms with Crippen molar-refractivity contribution in [1.29, 1.82) is 0 Å². The topological polar surface area (TPSA) is 67.2 Å². The summed E-state index contributed by atoms with van der Waals surface area (Å²) in [7, 11) is 1.26. The van der Waals surface area contributed by atoms with Crippen LogP contribution in [-0.2, 0) is 11.0 Å². The largest absolute Gasteiger partial charge is 0.434 e. The third kappa shape index (κ3) is 5.13. The van der Waals surface area contributed by atoms with E-state index in [0.29, 0.717) is 14.8 Å². The van der Waals surface area contributed by atoms with E-state index < -0.39 is 35.8 Å². The molecule has 31 heavy (non-hydrogen) atoms. The van der Waals surface area contributed by atoms with Gasteiger partial charge < -0.3 is 10.2 Å². The Morgan fingerprint density at radius 1 is 1.13 bits per heavy atom. The van der Waals surface area contributed by atoms with Gasteiger partial charge in [0.25, 0.3) is 5.91 Å². The van der Waals surface area contributed by atoms with Crippen LogP contribution in [0.15, 0.2) is 59.2 Å². The van der Waals surface area contributed by atoms with Crippen LogP contribution in [0.25, 0.3) is 5.69 Å². The maximum Gasteiger partial charge on any atom is 0.434 e. The molecule has 0 radical (unpaired) electrons. The van der Waals surface area contributed by atoms with Gasteiger partial charge in [0.05, 0.1) is 29.7 Å². The SMILES string of the molecule is Cc1ccc(-n2ncc(C(=O)N(C)CC(=O)Nc3ccccc3Br)c2C(F)(F)F)cc1. The second-order valence-corrected chi connectivity index (χ2v) is 7.70. The maximum absolute atomic E-state index is 13.8. The van der Waals surface area contributed by atoms with Gasteiger partial charge in [0.15, 0.2) is 5.69 Å². The molecule has 1 heterocycles. The zero-order chi connectivity index (χ0) is 22.8. The van der Waals surface area contributed by atoms with Gasteiger partial charge in [0, 0.05) is 11.5 Å². The molecule has 162 valence electrons. The summed E-state index contributed by atoms with van der Waals surface area (Å²) >= 11 is 3.29. The van der Waals surface area contributed by atoms with Crippen molar-refractivity contribution in [3.05, 3.63) is 76.0 Å². The van der Waals surface area contributed by atoms with Crippen LogP contribution in [0.4, 0.5) is 18.9 Å². The number of benzene rings is 2. The highest BCUT2D eigenvalue weighted by Gasteiger charge is 2.41. The van der Waals surface area contributed by atoms with Gasteiger partial charge in [0.2, 0.25) is 5.91 Å².